The van der Waals surface area contributed by atoms with E-state index in [-0.39, 0.29) is 6.10 Å². The summed E-state index contributed by atoms with van der Waals surface area (Å²) in [6, 6.07) is 3.92. The van der Waals surface area contributed by atoms with Gasteiger partial charge in [-0.1, -0.05) is 0 Å². The number of furan rings is 1. The SMILES string of the molecule is Cc1ccc(C2CN(CC(C)(C)O)CCO2)o1. The van der Waals surface area contributed by atoms with Crippen LogP contribution in [0.4, 0.5) is 0 Å². The Bertz CT molecular complexity index is 367. The lowest BCUT2D eigenvalue weighted by atomic mass is 10.1. The number of ether oxygens (including phenoxy) is 1. The van der Waals surface area contributed by atoms with Gasteiger partial charge in [0.05, 0.1) is 12.2 Å². The van der Waals surface area contributed by atoms with E-state index in [2.05, 4.69) is 4.90 Å². The summed E-state index contributed by atoms with van der Waals surface area (Å²) in [6.45, 7) is 8.56. The Balaban J connectivity index is 1.97. The molecule has 1 aromatic heterocycles. The molecule has 0 aromatic carbocycles. The molecule has 1 N–H and O–H groups in total. The van der Waals surface area contributed by atoms with Crippen molar-refractivity contribution in [2.75, 3.05) is 26.2 Å². The number of aryl methyl sites for hydroxylation is 1. The summed E-state index contributed by atoms with van der Waals surface area (Å²) >= 11 is 0. The van der Waals surface area contributed by atoms with Gasteiger partial charge in [0.1, 0.15) is 17.6 Å². The number of rotatable bonds is 3. The van der Waals surface area contributed by atoms with E-state index in [1.165, 1.54) is 0 Å². The van der Waals surface area contributed by atoms with Gasteiger partial charge >= 0.3 is 0 Å². The molecule has 0 bridgehead atoms. The zero-order valence-electron chi connectivity index (χ0n) is 10.8. The minimum absolute atomic E-state index is 0.0141. The van der Waals surface area contributed by atoms with E-state index in [0.717, 1.165) is 24.6 Å². The molecule has 0 spiro atoms. The van der Waals surface area contributed by atoms with Crippen molar-refractivity contribution in [3.05, 3.63) is 23.7 Å². The minimum atomic E-state index is -0.666. The first-order chi connectivity index (χ1) is 7.94. The van der Waals surface area contributed by atoms with Gasteiger partial charge in [0.15, 0.2) is 0 Å². The van der Waals surface area contributed by atoms with Crippen LogP contribution in [0.25, 0.3) is 0 Å². The predicted molar refractivity (Wildman–Crippen MR) is 64.9 cm³/mol. The summed E-state index contributed by atoms with van der Waals surface area (Å²) in [5.41, 5.74) is -0.666. The van der Waals surface area contributed by atoms with Gasteiger partial charge in [-0.3, -0.25) is 4.90 Å². The van der Waals surface area contributed by atoms with Gasteiger partial charge in [0.25, 0.3) is 0 Å². The third-order valence-electron chi connectivity index (χ3n) is 2.84. The fraction of sp³-hybridized carbons (Fsp3) is 0.692. The second kappa shape index (κ2) is 4.80. The maximum absolute atomic E-state index is 9.82. The molecule has 0 radical (unpaired) electrons. The highest BCUT2D eigenvalue weighted by atomic mass is 16.5. The molecular weight excluding hydrogens is 218 g/mol. The molecule has 1 fully saturated rings. The molecule has 4 heteroatoms. The topological polar surface area (TPSA) is 45.8 Å². The second-order valence-electron chi connectivity index (χ2n) is 5.36. The van der Waals surface area contributed by atoms with Crippen molar-refractivity contribution >= 4 is 0 Å². The molecule has 0 saturated carbocycles. The zero-order chi connectivity index (χ0) is 12.5. The van der Waals surface area contributed by atoms with Crippen LogP contribution in [0.1, 0.15) is 31.5 Å². The summed E-state index contributed by atoms with van der Waals surface area (Å²) in [5, 5.41) is 9.82. The first-order valence-electron chi connectivity index (χ1n) is 6.07. The molecule has 1 unspecified atom stereocenters. The average molecular weight is 239 g/mol. The van der Waals surface area contributed by atoms with Gasteiger partial charge in [-0.05, 0) is 32.9 Å². The first-order valence-corrected chi connectivity index (χ1v) is 6.07. The van der Waals surface area contributed by atoms with Crippen LogP contribution in [0.3, 0.4) is 0 Å². The molecule has 1 atom stereocenters. The van der Waals surface area contributed by atoms with Crippen LogP contribution in [0.15, 0.2) is 16.5 Å². The van der Waals surface area contributed by atoms with Crippen molar-refractivity contribution < 1.29 is 14.3 Å². The van der Waals surface area contributed by atoms with Crippen LogP contribution in [-0.2, 0) is 4.74 Å². The highest BCUT2D eigenvalue weighted by Gasteiger charge is 2.27. The van der Waals surface area contributed by atoms with Crippen LogP contribution in [0.5, 0.6) is 0 Å². The van der Waals surface area contributed by atoms with E-state index in [1.807, 2.05) is 32.9 Å². The fourth-order valence-electron chi connectivity index (χ4n) is 2.19. The molecule has 2 heterocycles. The Kier molecular flexibility index (Phi) is 3.56. The molecule has 0 amide bonds. The largest absolute Gasteiger partial charge is 0.464 e. The highest BCUT2D eigenvalue weighted by Crippen LogP contribution is 2.24. The predicted octanol–water partition coefficient (Wildman–Crippen LogP) is 1.73. The maximum Gasteiger partial charge on any atom is 0.134 e. The van der Waals surface area contributed by atoms with E-state index in [1.54, 1.807) is 0 Å². The van der Waals surface area contributed by atoms with Crippen molar-refractivity contribution in [3.8, 4) is 0 Å². The number of hydrogen-bond acceptors (Lipinski definition) is 4. The van der Waals surface area contributed by atoms with Gasteiger partial charge in [-0.15, -0.1) is 0 Å². The van der Waals surface area contributed by atoms with Crippen molar-refractivity contribution in [1.82, 2.24) is 4.90 Å². The lowest BCUT2D eigenvalue weighted by Crippen LogP contribution is -2.45. The summed E-state index contributed by atoms with van der Waals surface area (Å²) in [4.78, 5) is 2.21. The van der Waals surface area contributed by atoms with Crippen molar-refractivity contribution in [3.63, 3.8) is 0 Å². The summed E-state index contributed by atoms with van der Waals surface area (Å²) in [6.07, 6.45) is -0.0141. The number of nitrogens with zero attached hydrogens (tertiary/aromatic N) is 1. The summed E-state index contributed by atoms with van der Waals surface area (Å²) in [5.74, 6) is 1.78. The van der Waals surface area contributed by atoms with E-state index in [4.69, 9.17) is 9.15 Å². The zero-order valence-corrected chi connectivity index (χ0v) is 10.8. The lowest BCUT2D eigenvalue weighted by molar-refractivity contribution is -0.0636. The Labute approximate surface area is 102 Å². The van der Waals surface area contributed by atoms with Crippen molar-refractivity contribution in [2.24, 2.45) is 0 Å². The van der Waals surface area contributed by atoms with Crippen LogP contribution in [0, 0.1) is 6.92 Å². The third kappa shape index (κ3) is 3.56. The van der Waals surface area contributed by atoms with Crippen LogP contribution in [-0.4, -0.2) is 41.8 Å². The smallest absolute Gasteiger partial charge is 0.134 e. The lowest BCUT2D eigenvalue weighted by Gasteiger charge is -2.35. The Morgan fingerprint density at radius 3 is 2.82 bits per heavy atom. The van der Waals surface area contributed by atoms with Crippen molar-refractivity contribution in [1.29, 1.82) is 0 Å². The first kappa shape index (κ1) is 12.6. The molecule has 96 valence electrons. The minimum Gasteiger partial charge on any atom is -0.464 e. The number of hydrogen-bond donors (Lipinski definition) is 1. The maximum atomic E-state index is 9.82. The molecule has 1 aromatic rings. The molecule has 4 nitrogen and oxygen atoms in total. The quantitative estimate of drug-likeness (QED) is 0.872. The van der Waals surface area contributed by atoms with E-state index in [0.29, 0.717) is 13.2 Å². The molecule has 1 saturated heterocycles. The fourth-order valence-corrected chi connectivity index (χ4v) is 2.19. The molecule has 0 aliphatic carbocycles. The monoisotopic (exact) mass is 239 g/mol. The standard InChI is InChI=1S/C13H21NO3/c1-10-4-5-11(17-10)12-8-14(6-7-16-12)9-13(2,3)15/h4-5,12,15H,6-9H2,1-3H3. The van der Waals surface area contributed by atoms with Crippen LogP contribution in [0.2, 0.25) is 0 Å². The van der Waals surface area contributed by atoms with Crippen molar-refractivity contribution in [2.45, 2.75) is 32.5 Å². The van der Waals surface area contributed by atoms with E-state index >= 15 is 0 Å². The molecule has 17 heavy (non-hydrogen) atoms. The number of morpholine rings is 1. The van der Waals surface area contributed by atoms with Gasteiger partial charge in [0.2, 0.25) is 0 Å². The van der Waals surface area contributed by atoms with Gasteiger partial charge in [-0.25, -0.2) is 0 Å². The van der Waals surface area contributed by atoms with Crippen LogP contribution < -0.4 is 0 Å². The average Bonchev–Trinajstić information content (AvgIpc) is 2.63. The molecule has 2 rings (SSSR count). The third-order valence-corrected chi connectivity index (χ3v) is 2.84. The van der Waals surface area contributed by atoms with Gasteiger partial charge in [-0.2, -0.15) is 0 Å². The molecule has 1 aliphatic heterocycles. The Morgan fingerprint density at radius 2 is 2.24 bits per heavy atom. The molecule has 1 aliphatic rings. The summed E-state index contributed by atoms with van der Waals surface area (Å²) in [7, 11) is 0. The normalized spacial score (nSPS) is 22.9. The van der Waals surface area contributed by atoms with E-state index in [9.17, 15) is 5.11 Å². The highest BCUT2D eigenvalue weighted by molar-refractivity contribution is 5.09. The Hall–Kier alpha value is -0.840. The summed E-state index contributed by atoms with van der Waals surface area (Å²) < 4.78 is 11.3. The second-order valence-corrected chi connectivity index (χ2v) is 5.36. The number of β-amino-alcohol motifs (C(OH)–C–C–N with tert-alkyl or cyclic N) is 1. The van der Waals surface area contributed by atoms with E-state index < -0.39 is 5.60 Å². The van der Waals surface area contributed by atoms with Gasteiger partial charge in [0, 0.05) is 19.6 Å². The van der Waals surface area contributed by atoms with Gasteiger partial charge < -0.3 is 14.3 Å². The number of aliphatic hydroxyl groups is 1. The Morgan fingerprint density at radius 1 is 1.47 bits per heavy atom. The molecular formula is C13H21NO3. The van der Waals surface area contributed by atoms with Crippen LogP contribution >= 0.6 is 0 Å².